The first-order chi connectivity index (χ1) is 12.8. The Morgan fingerprint density at radius 3 is 2.56 bits per heavy atom. The molecule has 1 unspecified atom stereocenters. The van der Waals surface area contributed by atoms with E-state index in [1.54, 1.807) is 6.92 Å². The molecule has 1 atom stereocenters. The number of esters is 1. The minimum atomic E-state index is -0.833. The van der Waals surface area contributed by atoms with Crippen LogP contribution in [0.25, 0.3) is 11.5 Å². The molecule has 3 rings (SSSR count). The second kappa shape index (κ2) is 7.20. The van der Waals surface area contributed by atoms with Gasteiger partial charge in [0.1, 0.15) is 5.69 Å². The monoisotopic (exact) mass is 370 g/mol. The highest BCUT2D eigenvalue weighted by atomic mass is 16.6. The van der Waals surface area contributed by atoms with Gasteiger partial charge in [-0.3, -0.25) is 14.9 Å². The standard InChI is InChI=1S/C17H14N4O6/c1-9(22)12-7-14(18-8-12)17(23)26-10(2)15-19-20-16(27-15)11-3-5-13(6-4-11)21(24)25/h3-8,10,18H,1-2H3. The lowest BCUT2D eigenvalue weighted by atomic mass is 10.2. The van der Waals surface area contributed by atoms with Gasteiger partial charge in [-0.15, -0.1) is 10.2 Å². The maximum atomic E-state index is 12.1. The van der Waals surface area contributed by atoms with Gasteiger partial charge in [-0.25, -0.2) is 4.79 Å². The van der Waals surface area contributed by atoms with E-state index in [-0.39, 0.29) is 28.9 Å². The molecule has 0 amide bonds. The Kier molecular flexibility index (Phi) is 4.79. The van der Waals surface area contributed by atoms with Crippen molar-refractivity contribution in [1.82, 2.24) is 15.2 Å². The smallest absolute Gasteiger partial charge is 0.355 e. The molecule has 2 heterocycles. The Hall–Kier alpha value is -3.82. The summed E-state index contributed by atoms with van der Waals surface area (Å²) < 4.78 is 10.7. The summed E-state index contributed by atoms with van der Waals surface area (Å²) in [5.41, 5.74) is 0.931. The molecule has 0 aliphatic rings. The second-order valence-corrected chi connectivity index (χ2v) is 5.66. The van der Waals surface area contributed by atoms with E-state index >= 15 is 0 Å². The van der Waals surface area contributed by atoms with Gasteiger partial charge in [0.05, 0.1) is 4.92 Å². The van der Waals surface area contributed by atoms with Crippen LogP contribution in [-0.2, 0) is 4.74 Å². The summed E-state index contributed by atoms with van der Waals surface area (Å²) in [4.78, 5) is 36.2. The van der Waals surface area contributed by atoms with Crippen LogP contribution >= 0.6 is 0 Å². The molecule has 0 aliphatic carbocycles. The van der Waals surface area contributed by atoms with E-state index in [1.165, 1.54) is 43.5 Å². The van der Waals surface area contributed by atoms with Crippen molar-refractivity contribution in [1.29, 1.82) is 0 Å². The van der Waals surface area contributed by atoms with E-state index in [0.717, 1.165) is 0 Å². The number of carbonyl (C=O) groups excluding carboxylic acids is 2. The molecule has 0 radical (unpaired) electrons. The van der Waals surface area contributed by atoms with E-state index in [4.69, 9.17) is 9.15 Å². The van der Waals surface area contributed by atoms with Crippen molar-refractivity contribution >= 4 is 17.4 Å². The first kappa shape index (κ1) is 18.0. The number of nitrogens with one attached hydrogen (secondary N) is 1. The van der Waals surface area contributed by atoms with Gasteiger partial charge in [0.2, 0.25) is 5.89 Å². The molecule has 0 bridgehead atoms. The lowest BCUT2D eigenvalue weighted by Crippen LogP contribution is -2.10. The molecule has 0 aliphatic heterocycles. The predicted molar refractivity (Wildman–Crippen MR) is 91.0 cm³/mol. The number of hydrogen-bond donors (Lipinski definition) is 1. The van der Waals surface area contributed by atoms with Gasteiger partial charge >= 0.3 is 5.97 Å². The second-order valence-electron chi connectivity index (χ2n) is 5.66. The van der Waals surface area contributed by atoms with Gasteiger partial charge in [0, 0.05) is 29.5 Å². The lowest BCUT2D eigenvalue weighted by Gasteiger charge is -2.08. The number of non-ortho nitro benzene ring substituents is 1. The largest absolute Gasteiger partial charge is 0.448 e. The maximum Gasteiger partial charge on any atom is 0.355 e. The van der Waals surface area contributed by atoms with Crippen molar-refractivity contribution in [3.63, 3.8) is 0 Å². The van der Waals surface area contributed by atoms with Crippen molar-refractivity contribution < 1.29 is 23.7 Å². The molecule has 0 saturated heterocycles. The molecule has 0 saturated carbocycles. The number of H-pyrrole nitrogens is 1. The fraction of sp³-hybridized carbons (Fsp3) is 0.176. The highest BCUT2D eigenvalue weighted by Crippen LogP contribution is 2.24. The summed E-state index contributed by atoms with van der Waals surface area (Å²) in [5, 5.41) is 18.4. The van der Waals surface area contributed by atoms with Gasteiger partial charge in [-0.2, -0.15) is 0 Å². The van der Waals surface area contributed by atoms with Crippen LogP contribution < -0.4 is 0 Å². The Bertz CT molecular complexity index is 1000. The number of hydrogen-bond acceptors (Lipinski definition) is 8. The number of nitro benzene ring substituents is 1. The third kappa shape index (κ3) is 3.89. The molecule has 1 aromatic carbocycles. The molecule has 2 aromatic heterocycles. The Balaban J connectivity index is 1.70. The third-order valence-electron chi connectivity index (χ3n) is 3.71. The first-order valence-electron chi connectivity index (χ1n) is 7.83. The summed E-state index contributed by atoms with van der Waals surface area (Å²) in [5.74, 6) is -0.648. The van der Waals surface area contributed by atoms with Crippen LogP contribution in [0.15, 0.2) is 40.9 Å². The molecule has 3 aromatic rings. The SMILES string of the molecule is CC(=O)c1c[nH]c(C(=O)OC(C)c2nnc(-c3ccc([N+](=O)[O-])cc3)o2)c1. The van der Waals surface area contributed by atoms with Gasteiger partial charge in [0.15, 0.2) is 11.9 Å². The molecule has 10 heteroatoms. The van der Waals surface area contributed by atoms with Gasteiger partial charge in [-0.1, -0.05) is 0 Å². The number of aromatic amines is 1. The van der Waals surface area contributed by atoms with Crippen LogP contribution in [-0.4, -0.2) is 31.9 Å². The quantitative estimate of drug-likeness (QED) is 0.302. The number of aromatic nitrogens is 3. The Morgan fingerprint density at radius 2 is 1.96 bits per heavy atom. The topological polar surface area (TPSA) is 141 Å². The number of carbonyl (C=O) groups is 2. The zero-order valence-corrected chi connectivity index (χ0v) is 14.3. The average molecular weight is 370 g/mol. The molecule has 0 spiro atoms. The fourth-order valence-corrected chi connectivity index (χ4v) is 2.23. The van der Waals surface area contributed by atoms with E-state index in [1.807, 2.05) is 0 Å². The summed E-state index contributed by atoms with van der Waals surface area (Å²) >= 11 is 0. The summed E-state index contributed by atoms with van der Waals surface area (Å²) in [6.07, 6.45) is 0.587. The zero-order valence-electron chi connectivity index (χ0n) is 14.3. The van der Waals surface area contributed by atoms with Crippen molar-refractivity contribution in [3.05, 3.63) is 63.8 Å². The van der Waals surface area contributed by atoms with E-state index < -0.39 is 17.0 Å². The normalized spacial score (nSPS) is 11.8. The first-order valence-corrected chi connectivity index (χ1v) is 7.83. The molecule has 0 fully saturated rings. The van der Waals surface area contributed by atoms with Crippen molar-refractivity contribution in [2.75, 3.05) is 0 Å². The fourth-order valence-electron chi connectivity index (χ4n) is 2.23. The predicted octanol–water partition coefficient (Wildman–Crippen LogP) is 3.09. The van der Waals surface area contributed by atoms with Crippen LogP contribution in [0.4, 0.5) is 5.69 Å². The molecule has 1 N–H and O–H groups in total. The molecule has 138 valence electrons. The maximum absolute atomic E-state index is 12.1. The highest BCUT2D eigenvalue weighted by molar-refractivity contribution is 5.97. The summed E-state index contributed by atoms with van der Waals surface area (Å²) in [7, 11) is 0. The van der Waals surface area contributed by atoms with Gasteiger partial charge in [0.25, 0.3) is 11.6 Å². The van der Waals surface area contributed by atoms with Crippen molar-refractivity contribution in [2.24, 2.45) is 0 Å². The van der Waals surface area contributed by atoms with E-state index in [2.05, 4.69) is 15.2 Å². The van der Waals surface area contributed by atoms with Crippen molar-refractivity contribution in [3.8, 4) is 11.5 Å². The average Bonchev–Trinajstić information content (AvgIpc) is 3.31. The number of ketones is 1. The minimum Gasteiger partial charge on any atom is -0.448 e. The van der Waals surface area contributed by atoms with Gasteiger partial charge in [-0.05, 0) is 32.0 Å². The molecule has 10 nitrogen and oxygen atoms in total. The molecular formula is C17H14N4O6. The third-order valence-corrected chi connectivity index (χ3v) is 3.71. The number of rotatable bonds is 6. The number of nitrogens with zero attached hydrogens (tertiary/aromatic N) is 3. The van der Waals surface area contributed by atoms with E-state index in [0.29, 0.717) is 11.1 Å². The van der Waals surface area contributed by atoms with Gasteiger partial charge < -0.3 is 14.1 Å². The van der Waals surface area contributed by atoms with Crippen LogP contribution in [0, 0.1) is 10.1 Å². The highest BCUT2D eigenvalue weighted by Gasteiger charge is 2.21. The Labute approximate surface area is 152 Å². The molecule has 27 heavy (non-hydrogen) atoms. The summed E-state index contributed by atoms with van der Waals surface area (Å²) in [6.45, 7) is 2.94. The Morgan fingerprint density at radius 1 is 1.26 bits per heavy atom. The molecular weight excluding hydrogens is 356 g/mol. The van der Waals surface area contributed by atoms with E-state index in [9.17, 15) is 19.7 Å². The van der Waals surface area contributed by atoms with Crippen LogP contribution in [0.2, 0.25) is 0 Å². The number of ether oxygens (including phenoxy) is 1. The lowest BCUT2D eigenvalue weighted by molar-refractivity contribution is -0.384. The number of nitro groups is 1. The van der Waals surface area contributed by atoms with Crippen molar-refractivity contribution in [2.45, 2.75) is 20.0 Å². The van der Waals surface area contributed by atoms with Crippen LogP contribution in [0.3, 0.4) is 0 Å². The minimum absolute atomic E-state index is 0.0586. The number of Topliss-reactive ketones (excluding diaryl/α,β-unsaturated/α-hetero) is 1. The zero-order chi connectivity index (χ0) is 19.6. The van der Waals surface area contributed by atoms with Crippen LogP contribution in [0.5, 0.6) is 0 Å². The van der Waals surface area contributed by atoms with Crippen LogP contribution in [0.1, 0.15) is 46.7 Å². The summed E-state index contributed by atoms with van der Waals surface area (Å²) in [6, 6.07) is 7.00. The number of benzene rings is 1.